The van der Waals surface area contributed by atoms with Crippen molar-refractivity contribution in [2.75, 3.05) is 38.7 Å². The number of anilines is 1. The maximum atomic E-state index is 13.0. The van der Waals surface area contributed by atoms with Crippen molar-refractivity contribution >= 4 is 27.5 Å². The number of methoxy groups -OCH3 is 1. The first kappa shape index (κ1) is 23.3. The Labute approximate surface area is 202 Å². The summed E-state index contributed by atoms with van der Waals surface area (Å²) < 4.78 is 17.7. The summed E-state index contributed by atoms with van der Waals surface area (Å²) in [4.78, 5) is 15.3. The van der Waals surface area contributed by atoms with E-state index in [4.69, 9.17) is 14.2 Å². The summed E-state index contributed by atoms with van der Waals surface area (Å²) in [5.74, 6) is 1.24. The summed E-state index contributed by atoms with van der Waals surface area (Å²) in [6.45, 7) is 4.51. The maximum absolute atomic E-state index is 13.0. The fourth-order valence-corrected chi connectivity index (χ4v) is 3.96. The van der Waals surface area contributed by atoms with Gasteiger partial charge in [-0.15, -0.1) is 0 Å². The molecule has 0 bridgehead atoms. The standard InChI is InChI=1S/C26H27BrN2O4/c1-31-25-10-5-20(16-21(25)18-33-24-8-6-22(27)7-9-24)26(30)28-23-4-2-3-19(15-23)17-29-11-13-32-14-12-29/h2-10,15-16H,11-14,17-18H2,1H3,(H,28,30). The summed E-state index contributed by atoms with van der Waals surface area (Å²) in [5.41, 5.74) is 3.28. The maximum Gasteiger partial charge on any atom is 0.255 e. The molecule has 1 N–H and O–H groups in total. The molecule has 1 amide bonds. The Balaban J connectivity index is 1.42. The van der Waals surface area contributed by atoms with Crippen LogP contribution in [0.4, 0.5) is 5.69 Å². The van der Waals surface area contributed by atoms with E-state index in [0.29, 0.717) is 17.9 Å². The molecule has 0 saturated carbocycles. The van der Waals surface area contributed by atoms with Crippen molar-refractivity contribution in [1.29, 1.82) is 0 Å². The molecule has 0 aliphatic carbocycles. The molecule has 33 heavy (non-hydrogen) atoms. The molecule has 0 atom stereocenters. The van der Waals surface area contributed by atoms with Gasteiger partial charge >= 0.3 is 0 Å². The van der Waals surface area contributed by atoms with Crippen LogP contribution in [0.3, 0.4) is 0 Å². The van der Waals surface area contributed by atoms with Gasteiger partial charge in [0.15, 0.2) is 0 Å². The lowest BCUT2D eigenvalue weighted by Crippen LogP contribution is -2.35. The van der Waals surface area contributed by atoms with Crippen LogP contribution >= 0.6 is 15.9 Å². The molecule has 1 aliphatic heterocycles. The number of hydrogen-bond donors (Lipinski definition) is 1. The molecule has 172 valence electrons. The normalized spacial score (nSPS) is 14.0. The van der Waals surface area contributed by atoms with Crippen LogP contribution in [0.5, 0.6) is 11.5 Å². The molecule has 3 aromatic carbocycles. The summed E-state index contributed by atoms with van der Waals surface area (Å²) in [6.07, 6.45) is 0. The molecule has 0 aromatic heterocycles. The van der Waals surface area contributed by atoms with Crippen LogP contribution < -0.4 is 14.8 Å². The van der Waals surface area contributed by atoms with Crippen molar-refractivity contribution in [3.63, 3.8) is 0 Å². The van der Waals surface area contributed by atoms with E-state index in [1.165, 1.54) is 0 Å². The number of ether oxygens (including phenoxy) is 3. The Kier molecular flexibility index (Phi) is 7.99. The van der Waals surface area contributed by atoms with Crippen LogP contribution in [-0.2, 0) is 17.9 Å². The molecule has 0 radical (unpaired) electrons. The first-order chi connectivity index (χ1) is 16.1. The summed E-state index contributed by atoms with van der Waals surface area (Å²) in [7, 11) is 1.61. The zero-order chi connectivity index (χ0) is 23.0. The van der Waals surface area contributed by atoms with Crippen molar-refractivity contribution in [3.05, 3.63) is 87.9 Å². The van der Waals surface area contributed by atoms with E-state index >= 15 is 0 Å². The lowest BCUT2D eigenvalue weighted by molar-refractivity contribution is 0.0342. The Morgan fingerprint density at radius 1 is 1.06 bits per heavy atom. The second kappa shape index (κ2) is 11.3. The van der Waals surface area contributed by atoms with Crippen molar-refractivity contribution in [1.82, 2.24) is 4.90 Å². The fourth-order valence-electron chi connectivity index (χ4n) is 3.69. The van der Waals surface area contributed by atoms with E-state index in [2.05, 4.69) is 32.2 Å². The number of benzene rings is 3. The molecule has 0 spiro atoms. The Hall–Kier alpha value is -2.87. The number of halogens is 1. The highest BCUT2D eigenvalue weighted by Crippen LogP contribution is 2.24. The zero-order valence-electron chi connectivity index (χ0n) is 18.6. The third kappa shape index (κ3) is 6.57. The van der Waals surface area contributed by atoms with Gasteiger partial charge in [0.05, 0.1) is 20.3 Å². The third-order valence-corrected chi connectivity index (χ3v) is 5.97. The van der Waals surface area contributed by atoms with E-state index < -0.39 is 0 Å². The number of carbonyl (C=O) groups is 1. The molecule has 1 aliphatic rings. The minimum Gasteiger partial charge on any atom is -0.496 e. The zero-order valence-corrected chi connectivity index (χ0v) is 20.1. The predicted octanol–water partition coefficient (Wildman–Crippen LogP) is 5.12. The van der Waals surface area contributed by atoms with Crippen LogP contribution in [0.1, 0.15) is 21.5 Å². The van der Waals surface area contributed by atoms with Crippen LogP contribution in [0.25, 0.3) is 0 Å². The van der Waals surface area contributed by atoms with Crippen molar-refractivity contribution in [3.8, 4) is 11.5 Å². The molecular formula is C26H27BrN2O4. The van der Waals surface area contributed by atoms with Gasteiger partial charge in [-0.25, -0.2) is 0 Å². The number of morpholine rings is 1. The lowest BCUT2D eigenvalue weighted by atomic mass is 10.1. The number of carbonyl (C=O) groups excluding carboxylic acids is 1. The molecular weight excluding hydrogens is 484 g/mol. The number of nitrogens with one attached hydrogen (secondary N) is 1. The quantitative estimate of drug-likeness (QED) is 0.455. The van der Waals surface area contributed by atoms with Crippen molar-refractivity contribution < 1.29 is 19.0 Å². The van der Waals surface area contributed by atoms with Crippen molar-refractivity contribution in [2.24, 2.45) is 0 Å². The van der Waals surface area contributed by atoms with Gasteiger partial charge in [0.25, 0.3) is 5.91 Å². The van der Waals surface area contributed by atoms with Crippen LogP contribution in [-0.4, -0.2) is 44.2 Å². The first-order valence-corrected chi connectivity index (χ1v) is 11.7. The van der Waals surface area contributed by atoms with E-state index in [9.17, 15) is 4.79 Å². The Morgan fingerprint density at radius 2 is 1.85 bits per heavy atom. The topological polar surface area (TPSA) is 60.0 Å². The summed E-state index contributed by atoms with van der Waals surface area (Å²) in [6, 6.07) is 21.0. The van der Waals surface area contributed by atoms with E-state index in [1.54, 1.807) is 19.2 Å². The molecule has 7 heteroatoms. The summed E-state index contributed by atoms with van der Waals surface area (Å²) in [5, 5.41) is 3.01. The van der Waals surface area contributed by atoms with Crippen LogP contribution in [0.15, 0.2) is 71.2 Å². The second-order valence-electron chi connectivity index (χ2n) is 7.81. The van der Waals surface area contributed by atoms with Gasteiger partial charge in [-0.05, 0) is 60.2 Å². The minimum atomic E-state index is -0.175. The van der Waals surface area contributed by atoms with Gasteiger partial charge in [0.2, 0.25) is 0 Å². The smallest absolute Gasteiger partial charge is 0.255 e. The van der Waals surface area contributed by atoms with E-state index in [-0.39, 0.29) is 5.91 Å². The lowest BCUT2D eigenvalue weighted by Gasteiger charge is -2.26. The second-order valence-corrected chi connectivity index (χ2v) is 8.73. The van der Waals surface area contributed by atoms with Gasteiger partial charge in [0.1, 0.15) is 18.1 Å². The number of hydrogen-bond acceptors (Lipinski definition) is 5. The Bertz CT molecular complexity index is 1080. The third-order valence-electron chi connectivity index (χ3n) is 5.45. The highest BCUT2D eigenvalue weighted by atomic mass is 79.9. The van der Waals surface area contributed by atoms with E-state index in [0.717, 1.165) is 59.9 Å². The van der Waals surface area contributed by atoms with E-state index in [1.807, 2.05) is 48.5 Å². The fraction of sp³-hybridized carbons (Fsp3) is 0.269. The number of rotatable bonds is 8. The molecule has 1 heterocycles. The average Bonchev–Trinajstić information content (AvgIpc) is 2.84. The molecule has 0 unspecified atom stereocenters. The molecule has 3 aromatic rings. The Morgan fingerprint density at radius 3 is 2.61 bits per heavy atom. The minimum absolute atomic E-state index is 0.175. The highest BCUT2D eigenvalue weighted by molar-refractivity contribution is 9.10. The number of nitrogens with zero attached hydrogens (tertiary/aromatic N) is 1. The van der Waals surface area contributed by atoms with Gasteiger partial charge < -0.3 is 19.5 Å². The SMILES string of the molecule is COc1ccc(C(=O)Nc2cccc(CN3CCOCC3)c2)cc1COc1ccc(Br)cc1. The summed E-state index contributed by atoms with van der Waals surface area (Å²) >= 11 is 3.42. The molecule has 1 fully saturated rings. The monoisotopic (exact) mass is 510 g/mol. The number of amides is 1. The average molecular weight is 511 g/mol. The molecule has 4 rings (SSSR count). The van der Waals surface area contributed by atoms with Crippen LogP contribution in [0, 0.1) is 0 Å². The van der Waals surface area contributed by atoms with Gasteiger partial charge in [0, 0.05) is 40.9 Å². The first-order valence-electron chi connectivity index (χ1n) is 10.9. The van der Waals surface area contributed by atoms with Gasteiger partial charge in [-0.3, -0.25) is 9.69 Å². The van der Waals surface area contributed by atoms with Gasteiger partial charge in [-0.1, -0.05) is 28.1 Å². The molecule has 6 nitrogen and oxygen atoms in total. The van der Waals surface area contributed by atoms with Crippen molar-refractivity contribution in [2.45, 2.75) is 13.2 Å². The largest absolute Gasteiger partial charge is 0.496 e. The highest BCUT2D eigenvalue weighted by Gasteiger charge is 2.13. The van der Waals surface area contributed by atoms with Crippen LogP contribution in [0.2, 0.25) is 0 Å². The predicted molar refractivity (Wildman–Crippen MR) is 132 cm³/mol. The molecule has 1 saturated heterocycles. The van der Waals surface area contributed by atoms with Gasteiger partial charge in [-0.2, -0.15) is 0 Å².